The highest BCUT2D eigenvalue weighted by atomic mass is 35.5. The molecule has 0 aliphatic carbocycles. The summed E-state index contributed by atoms with van der Waals surface area (Å²) in [6.07, 6.45) is 0. The molecule has 0 aromatic heterocycles. The first-order chi connectivity index (χ1) is 15.4. The Hall–Kier alpha value is -3.07. The minimum atomic E-state index is -3.78. The van der Waals surface area contributed by atoms with Gasteiger partial charge < -0.3 is 15.0 Å². The van der Waals surface area contributed by atoms with E-state index < -0.39 is 15.9 Å². The number of halogens is 1. The van der Waals surface area contributed by atoms with Gasteiger partial charge in [0.15, 0.2) is 0 Å². The fourth-order valence-electron chi connectivity index (χ4n) is 3.35. The van der Waals surface area contributed by atoms with Gasteiger partial charge in [-0.3, -0.25) is 9.52 Å². The molecule has 1 fully saturated rings. The van der Waals surface area contributed by atoms with E-state index in [0.717, 1.165) is 18.8 Å². The van der Waals surface area contributed by atoms with E-state index in [-0.39, 0.29) is 21.2 Å². The second-order valence-corrected chi connectivity index (χ2v) is 9.30. The van der Waals surface area contributed by atoms with Crippen LogP contribution in [0.15, 0.2) is 77.7 Å². The molecule has 0 saturated carbocycles. The second-order valence-electron chi connectivity index (χ2n) is 7.21. The van der Waals surface area contributed by atoms with Crippen LogP contribution in [-0.2, 0) is 14.8 Å². The number of carbonyl (C=O) groups excluding carboxylic acids is 1. The number of anilines is 3. The van der Waals surface area contributed by atoms with Crippen molar-refractivity contribution in [3.63, 3.8) is 0 Å². The third kappa shape index (κ3) is 5.21. The topological polar surface area (TPSA) is 87.7 Å². The molecule has 0 bridgehead atoms. The van der Waals surface area contributed by atoms with Crippen molar-refractivity contribution in [2.24, 2.45) is 0 Å². The molecule has 1 aliphatic heterocycles. The first-order valence-electron chi connectivity index (χ1n) is 10.0. The van der Waals surface area contributed by atoms with Gasteiger partial charge in [-0.1, -0.05) is 29.8 Å². The molecule has 7 nitrogen and oxygen atoms in total. The summed E-state index contributed by atoms with van der Waals surface area (Å²) >= 11 is 6.22. The third-order valence-electron chi connectivity index (χ3n) is 5.02. The van der Waals surface area contributed by atoms with Gasteiger partial charge in [0.2, 0.25) is 0 Å². The van der Waals surface area contributed by atoms with Gasteiger partial charge in [-0.2, -0.15) is 0 Å². The molecule has 0 unspecified atom stereocenters. The number of hydrogen-bond donors (Lipinski definition) is 2. The van der Waals surface area contributed by atoms with Crippen LogP contribution in [0.3, 0.4) is 0 Å². The molecule has 3 aromatic rings. The van der Waals surface area contributed by atoms with Crippen molar-refractivity contribution in [1.82, 2.24) is 0 Å². The second kappa shape index (κ2) is 9.60. The van der Waals surface area contributed by atoms with Crippen molar-refractivity contribution in [1.29, 1.82) is 0 Å². The first kappa shape index (κ1) is 22.1. The van der Waals surface area contributed by atoms with Crippen LogP contribution in [0.2, 0.25) is 5.02 Å². The molecule has 1 amide bonds. The zero-order valence-corrected chi connectivity index (χ0v) is 18.7. The van der Waals surface area contributed by atoms with Crippen LogP contribution >= 0.6 is 11.6 Å². The molecular formula is C23H22ClN3O4S. The maximum atomic E-state index is 12.8. The molecule has 32 heavy (non-hydrogen) atoms. The average Bonchev–Trinajstić information content (AvgIpc) is 2.82. The van der Waals surface area contributed by atoms with Crippen LogP contribution in [0, 0.1) is 0 Å². The van der Waals surface area contributed by atoms with Crippen LogP contribution in [-0.4, -0.2) is 40.6 Å². The van der Waals surface area contributed by atoms with Crippen molar-refractivity contribution in [3.05, 3.63) is 83.4 Å². The fraction of sp³-hybridized carbons (Fsp3) is 0.174. The number of morpholine rings is 1. The summed E-state index contributed by atoms with van der Waals surface area (Å²) in [6.45, 7) is 3.04. The number of benzene rings is 3. The summed E-state index contributed by atoms with van der Waals surface area (Å²) < 4.78 is 33.0. The van der Waals surface area contributed by atoms with Crippen LogP contribution in [0.5, 0.6) is 0 Å². The first-order valence-corrected chi connectivity index (χ1v) is 11.9. The Morgan fingerprint density at radius 2 is 1.56 bits per heavy atom. The van der Waals surface area contributed by atoms with E-state index in [0.29, 0.717) is 18.9 Å². The van der Waals surface area contributed by atoms with Crippen molar-refractivity contribution in [2.75, 3.05) is 41.2 Å². The molecular weight excluding hydrogens is 450 g/mol. The van der Waals surface area contributed by atoms with Gasteiger partial charge in [0.05, 0.1) is 28.7 Å². The maximum absolute atomic E-state index is 12.8. The summed E-state index contributed by atoms with van der Waals surface area (Å²) in [5, 5.41) is 3.02. The summed E-state index contributed by atoms with van der Waals surface area (Å²) in [7, 11) is -3.78. The minimum Gasteiger partial charge on any atom is -0.378 e. The molecule has 9 heteroatoms. The largest absolute Gasteiger partial charge is 0.378 e. The van der Waals surface area contributed by atoms with Gasteiger partial charge in [-0.05, 0) is 54.6 Å². The van der Waals surface area contributed by atoms with Gasteiger partial charge in [0.25, 0.3) is 15.9 Å². The summed E-state index contributed by atoms with van der Waals surface area (Å²) in [5.74, 6) is -0.435. The molecule has 1 saturated heterocycles. The van der Waals surface area contributed by atoms with Crippen molar-refractivity contribution < 1.29 is 17.9 Å². The lowest BCUT2D eigenvalue weighted by Crippen LogP contribution is -2.36. The average molecular weight is 472 g/mol. The molecule has 0 atom stereocenters. The Labute approximate surface area is 192 Å². The smallest absolute Gasteiger partial charge is 0.261 e. The highest BCUT2D eigenvalue weighted by molar-refractivity contribution is 7.92. The lowest BCUT2D eigenvalue weighted by atomic mass is 10.1. The van der Waals surface area contributed by atoms with E-state index in [1.54, 1.807) is 18.2 Å². The Morgan fingerprint density at radius 1 is 0.906 bits per heavy atom. The van der Waals surface area contributed by atoms with Gasteiger partial charge in [-0.15, -0.1) is 0 Å². The Morgan fingerprint density at radius 3 is 2.25 bits per heavy atom. The maximum Gasteiger partial charge on any atom is 0.261 e. The highest BCUT2D eigenvalue weighted by Gasteiger charge is 2.17. The number of nitrogens with zero attached hydrogens (tertiary/aromatic N) is 1. The number of rotatable bonds is 6. The van der Waals surface area contributed by atoms with E-state index >= 15 is 0 Å². The lowest BCUT2D eigenvalue weighted by Gasteiger charge is -2.28. The Bertz CT molecular complexity index is 1200. The van der Waals surface area contributed by atoms with E-state index in [4.69, 9.17) is 16.3 Å². The SMILES string of the molecule is O=C(Nc1ccc(N2CCOCC2)cc1)c1cc(NS(=O)(=O)c2ccccc2)ccc1Cl. The van der Waals surface area contributed by atoms with Gasteiger partial charge in [-0.25, -0.2) is 8.42 Å². The van der Waals surface area contributed by atoms with Crippen LogP contribution < -0.4 is 14.9 Å². The molecule has 1 aliphatic rings. The molecule has 2 N–H and O–H groups in total. The number of nitrogens with one attached hydrogen (secondary N) is 2. The third-order valence-corrected chi connectivity index (χ3v) is 6.74. The van der Waals surface area contributed by atoms with E-state index in [9.17, 15) is 13.2 Å². The van der Waals surface area contributed by atoms with Gasteiger partial charge in [0.1, 0.15) is 0 Å². The molecule has 0 radical (unpaired) electrons. The summed E-state index contributed by atoms with van der Waals surface area (Å²) in [5.41, 5.74) is 2.07. The monoisotopic (exact) mass is 471 g/mol. The van der Waals surface area contributed by atoms with Crippen molar-refractivity contribution in [2.45, 2.75) is 4.90 Å². The zero-order chi connectivity index (χ0) is 22.6. The lowest BCUT2D eigenvalue weighted by molar-refractivity contribution is 0.102. The normalized spacial score (nSPS) is 14.1. The highest BCUT2D eigenvalue weighted by Crippen LogP contribution is 2.25. The number of sulfonamides is 1. The minimum absolute atomic E-state index is 0.126. The van der Waals surface area contributed by atoms with Crippen molar-refractivity contribution >= 4 is 44.6 Å². The van der Waals surface area contributed by atoms with Crippen LogP contribution in [0.4, 0.5) is 17.1 Å². The van der Waals surface area contributed by atoms with E-state index in [1.807, 2.05) is 24.3 Å². The van der Waals surface area contributed by atoms with Gasteiger partial charge >= 0.3 is 0 Å². The predicted molar refractivity (Wildman–Crippen MR) is 126 cm³/mol. The van der Waals surface area contributed by atoms with Crippen LogP contribution in [0.1, 0.15) is 10.4 Å². The molecule has 1 heterocycles. The fourth-order valence-corrected chi connectivity index (χ4v) is 4.63. The van der Waals surface area contributed by atoms with E-state index in [2.05, 4.69) is 14.9 Å². The quantitative estimate of drug-likeness (QED) is 0.561. The summed E-state index contributed by atoms with van der Waals surface area (Å²) in [6, 6.07) is 19.9. The molecule has 3 aromatic carbocycles. The number of hydrogen-bond acceptors (Lipinski definition) is 5. The van der Waals surface area contributed by atoms with Crippen LogP contribution in [0.25, 0.3) is 0 Å². The molecule has 166 valence electrons. The number of amides is 1. The molecule has 4 rings (SSSR count). The zero-order valence-electron chi connectivity index (χ0n) is 17.1. The Kier molecular flexibility index (Phi) is 6.64. The Balaban J connectivity index is 1.48. The van der Waals surface area contributed by atoms with E-state index in [1.165, 1.54) is 30.3 Å². The number of ether oxygens (including phenoxy) is 1. The predicted octanol–water partition coefficient (Wildman–Crippen LogP) is 4.23. The standard InChI is InChI=1S/C23H22ClN3O4S/c24-22-11-8-18(26-32(29,30)20-4-2-1-3-5-20)16-21(22)23(28)25-17-6-9-19(10-7-17)27-12-14-31-15-13-27/h1-11,16,26H,12-15H2,(H,25,28). The van der Waals surface area contributed by atoms with Gasteiger partial charge in [0, 0.05) is 30.2 Å². The molecule has 0 spiro atoms. The number of carbonyl (C=O) groups is 1. The summed E-state index contributed by atoms with van der Waals surface area (Å²) in [4.78, 5) is 15.2. The van der Waals surface area contributed by atoms with Crippen molar-refractivity contribution in [3.8, 4) is 0 Å².